The lowest BCUT2D eigenvalue weighted by Crippen LogP contribution is -2.34. The van der Waals surface area contributed by atoms with E-state index in [9.17, 15) is 9.36 Å². The third-order valence-electron chi connectivity index (χ3n) is 4.68. The van der Waals surface area contributed by atoms with Crippen molar-refractivity contribution in [3.8, 4) is 0 Å². The zero-order valence-corrected chi connectivity index (χ0v) is 16.0. The predicted octanol–water partition coefficient (Wildman–Crippen LogP) is 0.185. The van der Waals surface area contributed by atoms with Gasteiger partial charge < -0.3 is 29.7 Å². The summed E-state index contributed by atoms with van der Waals surface area (Å²) in [5.74, 6) is 0.0627. The molecule has 0 saturated carbocycles. The van der Waals surface area contributed by atoms with E-state index in [0.29, 0.717) is 6.42 Å². The molecule has 4 rings (SSSR count). The minimum atomic E-state index is -4.71. The van der Waals surface area contributed by atoms with E-state index in [1.165, 1.54) is 16.8 Å². The molecule has 2 aliphatic heterocycles. The van der Waals surface area contributed by atoms with E-state index in [4.69, 9.17) is 29.7 Å². The second-order valence-electron chi connectivity index (χ2n) is 6.71. The number of hydrogen-bond acceptors (Lipinski definition) is 8. The Morgan fingerprint density at radius 3 is 2.55 bits per heavy atom. The molecular formula is C17H20N3O8P. The standard InChI is InChI=1S/C17H20N3O8P/c18-12-6-7-20(17(21)19-12)16-15-14(11(26-16)9-25-29(22,23)24)27-13(28-15)8-10-4-2-1-3-5-10/h1-7,11,13-16H,8-9H2,(H2,18,19,21)(H2,22,23,24)/t11-,13-,14-,15-,16-/m1/s1. The molecule has 0 bridgehead atoms. The van der Waals surface area contributed by atoms with Crippen LogP contribution in [0.1, 0.15) is 11.8 Å². The van der Waals surface area contributed by atoms with E-state index in [-0.39, 0.29) is 5.82 Å². The number of anilines is 1. The van der Waals surface area contributed by atoms with Gasteiger partial charge in [-0.15, -0.1) is 0 Å². The number of ether oxygens (including phenoxy) is 3. The first-order chi connectivity index (χ1) is 13.8. The summed E-state index contributed by atoms with van der Waals surface area (Å²) in [4.78, 5) is 33.9. The Bertz CT molecular complexity index is 965. The first-order valence-electron chi connectivity index (χ1n) is 8.85. The van der Waals surface area contributed by atoms with Crippen LogP contribution in [-0.4, -0.2) is 50.5 Å². The van der Waals surface area contributed by atoms with Crippen LogP contribution in [0, 0.1) is 0 Å². The summed E-state index contributed by atoms with van der Waals surface area (Å²) in [6, 6.07) is 11.0. The van der Waals surface area contributed by atoms with Crippen LogP contribution in [0.15, 0.2) is 47.4 Å². The molecule has 0 unspecified atom stereocenters. The lowest BCUT2D eigenvalue weighted by molar-refractivity contribution is -0.150. The largest absolute Gasteiger partial charge is 0.469 e. The van der Waals surface area contributed by atoms with E-state index in [2.05, 4.69) is 9.51 Å². The van der Waals surface area contributed by atoms with Gasteiger partial charge in [0.25, 0.3) is 0 Å². The van der Waals surface area contributed by atoms with Crippen molar-refractivity contribution in [2.75, 3.05) is 12.3 Å². The highest BCUT2D eigenvalue weighted by Crippen LogP contribution is 2.42. The smallest absolute Gasteiger partial charge is 0.383 e. The third kappa shape index (κ3) is 4.57. The van der Waals surface area contributed by atoms with Crippen molar-refractivity contribution in [1.29, 1.82) is 0 Å². The summed E-state index contributed by atoms with van der Waals surface area (Å²) in [7, 11) is -4.71. The van der Waals surface area contributed by atoms with Gasteiger partial charge in [0.1, 0.15) is 24.1 Å². The van der Waals surface area contributed by atoms with E-state index in [1.54, 1.807) is 0 Å². The van der Waals surface area contributed by atoms with E-state index < -0.39 is 50.9 Å². The van der Waals surface area contributed by atoms with Crippen LogP contribution in [0.4, 0.5) is 5.82 Å². The highest BCUT2D eigenvalue weighted by molar-refractivity contribution is 7.46. The first kappa shape index (κ1) is 20.2. The van der Waals surface area contributed by atoms with Crippen LogP contribution < -0.4 is 11.4 Å². The second kappa shape index (κ2) is 7.96. The van der Waals surface area contributed by atoms with Crippen LogP contribution in [0.3, 0.4) is 0 Å². The molecule has 2 saturated heterocycles. The van der Waals surface area contributed by atoms with E-state index >= 15 is 0 Å². The highest BCUT2D eigenvalue weighted by Gasteiger charge is 2.54. The fourth-order valence-electron chi connectivity index (χ4n) is 3.45. The molecule has 1 aromatic heterocycles. The fourth-order valence-corrected chi connectivity index (χ4v) is 3.79. The molecule has 2 aliphatic rings. The second-order valence-corrected chi connectivity index (χ2v) is 7.95. The van der Waals surface area contributed by atoms with Crippen molar-refractivity contribution < 1.29 is 33.1 Å². The lowest BCUT2D eigenvalue weighted by atomic mass is 10.1. The van der Waals surface area contributed by atoms with Crippen molar-refractivity contribution in [2.24, 2.45) is 0 Å². The van der Waals surface area contributed by atoms with Crippen LogP contribution in [-0.2, 0) is 29.7 Å². The Labute approximate surface area is 165 Å². The Kier molecular flexibility index (Phi) is 5.54. The van der Waals surface area contributed by atoms with Gasteiger partial charge in [-0.2, -0.15) is 4.98 Å². The summed E-state index contributed by atoms with van der Waals surface area (Å²) in [5.41, 5.74) is 5.89. The normalized spacial score (nSPS) is 29.1. The maximum atomic E-state index is 12.3. The molecule has 29 heavy (non-hydrogen) atoms. The number of aromatic nitrogens is 2. The SMILES string of the molecule is Nc1ccn([C@@H]2O[C@H](COP(=O)(O)O)[C@H]3O[C@@H](Cc4ccccc4)O[C@H]32)c(=O)n1. The molecule has 12 heteroatoms. The van der Waals surface area contributed by atoms with Crippen molar-refractivity contribution in [1.82, 2.24) is 9.55 Å². The molecule has 2 aromatic rings. The summed E-state index contributed by atoms with van der Waals surface area (Å²) in [6.07, 6.45) is -1.89. The summed E-state index contributed by atoms with van der Waals surface area (Å²) in [5, 5.41) is 0. The average molecular weight is 425 g/mol. The molecule has 0 amide bonds. The van der Waals surface area contributed by atoms with Gasteiger partial charge in [-0.1, -0.05) is 30.3 Å². The van der Waals surface area contributed by atoms with Gasteiger partial charge in [-0.25, -0.2) is 9.36 Å². The van der Waals surface area contributed by atoms with Crippen LogP contribution in [0.25, 0.3) is 0 Å². The molecule has 2 fully saturated rings. The topological polar surface area (TPSA) is 155 Å². The highest BCUT2D eigenvalue weighted by atomic mass is 31.2. The summed E-state index contributed by atoms with van der Waals surface area (Å²) >= 11 is 0. The number of benzene rings is 1. The number of fused-ring (bicyclic) bond motifs is 1. The van der Waals surface area contributed by atoms with Gasteiger partial charge in [0, 0.05) is 12.6 Å². The molecule has 11 nitrogen and oxygen atoms in total. The molecule has 0 radical (unpaired) electrons. The molecular weight excluding hydrogens is 405 g/mol. The van der Waals surface area contributed by atoms with Gasteiger partial charge in [-0.05, 0) is 11.6 Å². The van der Waals surface area contributed by atoms with Gasteiger partial charge in [-0.3, -0.25) is 9.09 Å². The molecule has 3 heterocycles. The third-order valence-corrected chi connectivity index (χ3v) is 5.17. The summed E-state index contributed by atoms with van der Waals surface area (Å²) < 4.78 is 34.6. The van der Waals surface area contributed by atoms with Gasteiger partial charge in [0.05, 0.1) is 6.61 Å². The van der Waals surface area contributed by atoms with Crippen LogP contribution in [0.5, 0.6) is 0 Å². The van der Waals surface area contributed by atoms with Gasteiger partial charge in [0.15, 0.2) is 12.5 Å². The molecule has 0 spiro atoms. The number of nitrogen functional groups attached to an aromatic ring is 1. The van der Waals surface area contributed by atoms with E-state index in [0.717, 1.165) is 5.56 Å². The summed E-state index contributed by atoms with van der Waals surface area (Å²) in [6.45, 7) is -0.430. The van der Waals surface area contributed by atoms with E-state index in [1.807, 2.05) is 30.3 Å². The van der Waals surface area contributed by atoms with Crippen molar-refractivity contribution in [3.05, 3.63) is 58.6 Å². The number of phosphoric ester groups is 1. The number of rotatable bonds is 6. The molecule has 0 aliphatic carbocycles. The monoisotopic (exact) mass is 425 g/mol. The quantitative estimate of drug-likeness (QED) is 0.546. The first-order valence-corrected chi connectivity index (χ1v) is 10.4. The minimum Gasteiger partial charge on any atom is -0.383 e. The molecule has 5 atom stereocenters. The minimum absolute atomic E-state index is 0.0627. The lowest BCUT2D eigenvalue weighted by Gasteiger charge is -2.21. The Morgan fingerprint density at radius 1 is 1.14 bits per heavy atom. The average Bonchev–Trinajstić information content (AvgIpc) is 3.19. The predicted molar refractivity (Wildman–Crippen MR) is 98.5 cm³/mol. The molecule has 156 valence electrons. The van der Waals surface area contributed by atoms with Gasteiger partial charge in [0.2, 0.25) is 0 Å². The zero-order chi connectivity index (χ0) is 20.6. The zero-order valence-electron chi connectivity index (χ0n) is 15.1. The van der Waals surface area contributed by atoms with Crippen LogP contribution in [0.2, 0.25) is 0 Å². The Morgan fingerprint density at radius 2 is 1.86 bits per heavy atom. The fraction of sp³-hybridized carbons (Fsp3) is 0.412. The number of nitrogens with zero attached hydrogens (tertiary/aromatic N) is 2. The van der Waals surface area contributed by atoms with Crippen molar-refractivity contribution in [2.45, 2.75) is 37.3 Å². The molecule has 4 N–H and O–H groups in total. The van der Waals surface area contributed by atoms with Gasteiger partial charge >= 0.3 is 13.5 Å². The van der Waals surface area contributed by atoms with Crippen molar-refractivity contribution in [3.63, 3.8) is 0 Å². The number of hydrogen-bond donors (Lipinski definition) is 3. The van der Waals surface area contributed by atoms with Crippen molar-refractivity contribution >= 4 is 13.6 Å². The van der Waals surface area contributed by atoms with Crippen LogP contribution >= 0.6 is 7.82 Å². The maximum absolute atomic E-state index is 12.3. The maximum Gasteiger partial charge on any atom is 0.469 e. The Hall–Kier alpha value is -2.11. The molecule has 1 aromatic carbocycles. The number of nitrogens with two attached hydrogens (primary N) is 1. The number of phosphoric acid groups is 1. The Balaban J connectivity index is 1.56.